The van der Waals surface area contributed by atoms with Gasteiger partial charge in [0.1, 0.15) is 0 Å². The molecule has 5 rings (SSSR count). The number of hydrogen-bond acceptors (Lipinski definition) is 5. The van der Waals surface area contributed by atoms with Gasteiger partial charge >= 0.3 is 0 Å². The number of allylic oxidation sites excluding steroid dienone is 2. The lowest BCUT2D eigenvalue weighted by atomic mass is 9.85. The van der Waals surface area contributed by atoms with Gasteiger partial charge < -0.3 is 9.84 Å². The van der Waals surface area contributed by atoms with Gasteiger partial charge in [-0.25, -0.2) is 0 Å². The van der Waals surface area contributed by atoms with Gasteiger partial charge in [-0.05, 0) is 77.3 Å². The molecule has 1 saturated heterocycles. The second-order valence-corrected chi connectivity index (χ2v) is 8.90. The number of ether oxygens (including phenoxy) is 1. The third-order valence-electron chi connectivity index (χ3n) is 6.50. The van der Waals surface area contributed by atoms with Crippen molar-refractivity contribution in [2.24, 2.45) is 34.2 Å². The molecule has 1 heterocycles. The average Bonchev–Trinajstić information content (AvgIpc) is 3.24. The van der Waals surface area contributed by atoms with Crippen LogP contribution in [0.5, 0.6) is 11.5 Å². The van der Waals surface area contributed by atoms with Crippen LogP contribution in [-0.2, 0) is 9.59 Å². The fraction of sp³-hybridized carbons (Fsp3) is 0.450. The summed E-state index contributed by atoms with van der Waals surface area (Å²) in [6, 6.07) is 3.39. The predicted octanol–water partition coefficient (Wildman–Crippen LogP) is 2.93. The Bertz CT molecular complexity index is 887. The standard InChI is InChI=1S/C20H19IN2O4/c1-2-27-14-8-10(7-13(21)17(14)24)9-22-23-18(25)15-11-3-4-12(16(15)19(23)26)20(11)5-6-20/h3-4,7-9,11-12,15-16,24H,2,5-6H2,1H3/b22-9-/t11-,12-,15-,16-/m1/s1. The predicted molar refractivity (Wildman–Crippen MR) is 106 cm³/mol. The van der Waals surface area contributed by atoms with E-state index < -0.39 is 0 Å². The van der Waals surface area contributed by atoms with Crippen molar-refractivity contribution in [1.29, 1.82) is 0 Å². The molecule has 1 aromatic rings. The largest absolute Gasteiger partial charge is 0.504 e. The summed E-state index contributed by atoms with van der Waals surface area (Å²) >= 11 is 2.01. The van der Waals surface area contributed by atoms with E-state index in [0.29, 0.717) is 21.5 Å². The molecule has 4 aliphatic rings. The van der Waals surface area contributed by atoms with Crippen molar-refractivity contribution in [3.8, 4) is 11.5 Å². The Kier molecular flexibility index (Phi) is 3.70. The summed E-state index contributed by atoms with van der Waals surface area (Å²) in [5.74, 6) is -0.0100. The maximum atomic E-state index is 12.9. The number of hydrogen-bond donors (Lipinski definition) is 1. The first-order valence-electron chi connectivity index (χ1n) is 9.23. The molecule has 2 saturated carbocycles. The zero-order chi connectivity index (χ0) is 18.9. The van der Waals surface area contributed by atoms with Gasteiger partial charge in [-0.15, -0.1) is 0 Å². The summed E-state index contributed by atoms with van der Waals surface area (Å²) in [4.78, 5) is 25.8. The molecular formula is C20H19IN2O4. The van der Waals surface area contributed by atoms with Crippen LogP contribution in [0.4, 0.5) is 0 Å². The smallest absolute Gasteiger partial charge is 0.254 e. The van der Waals surface area contributed by atoms with Crippen LogP contribution in [0.3, 0.4) is 0 Å². The molecular weight excluding hydrogens is 459 g/mol. The van der Waals surface area contributed by atoms with Crippen molar-refractivity contribution in [1.82, 2.24) is 5.01 Å². The van der Waals surface area contributed by atoms with Crippen LogP contribution in [0.15, 0.2) is 29.4 Å². The highest BCUT2D eigenvalue weighted by Crippen LogP contribution is 2.73. The number of phenolic OH excluding ortho intramolecular Hbond substituents is 1. The molecule has 4 atom stereocenters. The van der Waals surface area contributed by atoms with Crippen molar-refractivity contribution in [2.45, 2.75) is 19.8 Å². The van der Waals surface area contributed by atoms with Crippen LogP contribution in [0.2, 0.25) is 0 Å². The molecule has 27 heavy (non-hydrogen) atoms. The number of carbonyl (C=O) groups is 2. The number of fused-ring (bicyclic) bond motifs is 3. The molecule has 3 fully saturated rings. The Morgan fingerprint density at radius 1 is 1.26 bits per heavy atom. The molecule has 140 valence electrons. The highest BCUT2D eigenvalue weighted by atomic mass is 127. The fourth-order valence-electron chi connectivity index (χ4n) is 5.23. The van der Waals surface area contributed by atoms with E-state index >= 15 is 0 Å². The van der Waals surface area contributed by atoms with E-state index in [-0.39, 0.29) is 46.7 Å². The molecule has 0 unspecified atom stereocenters. The summed E-state index contributed by atoms with van der Waals surface area (Å²) < 4.78 is 6.05. The molecule has 0 radical (unpaired) electrons. The third kappa shape index (κ3) is 2.26. The lowest BCUT2D eigenvalue weighted by molar-refractivity contribution is -0.141. The Balaban J connectivity index is 1.41. The number of hydrazone groups is 1. The van der Waals surface area contributed by atoms with Gasteiger partial charge in [-0.3, -0.25) is 9.59 Å². The second kappa shape index (κ2) is 5.80. The Hall–Kier alpha value is -1.90. The number of imide groups is 1. The van der Waals surface area contributed by atoms with Crippen molar-refractivity contribution >= 4 is 40.6 Å². The molecule has 6 nitrogen and oxygen atoms in total. The number of phenols is 1. The number of rotatable bonds is 4. The van der Waals surface area contributed by atoms with Gasteiger partial charge in [0.05, 0.1) is 28.2 Å². The highest BCUT2D eigenvalue weighted by molar-refractivity contribution is 14.1. The van der Waals surface area contributed by atoms with Gasteiger partial charge in [0, 0.05) is 0 Å². The summed E-state index contributed by atoms with van der Waals surface area (Å²) in [5, 5.41) is 15.3. The summed E-state index contributed by atoms with van der Waals surface area (Å²) in [7, 11) is 0. The van der Waals surface area contributed by atoms with Crippen LogP contribution >= 0.6 is 22.6 Å². The average molecular weight is 478 g/mol. The number of aromatic hydroxyl groups is 1. The monoisotopic (exact) mass is 478 g/mol. The number of carbonyl (C=O) groups excluding carboxylic acids is 2. The number of halogens is 1. The third-order valence-corrected chi connectivity index (χ3v) is 7.32. The fourth-order valence-corrected chi connectivity index (χ4v) is 5.86. The maximum absolute atomic E-state index is 12.9. The minimum Gasteiger partial charge on any atom is -0.504 e. The van der Waals surface area contributed by atoms with Crippen LogP contribution in [0.25, 0.3) is 0 Å². The first kappa shape index (κ1) is 17.2. The molecule has 2 amide bonds. The molecule has 1 aliphatic heterocycles. The molecule has 7 heteroatoms. The zero-order valence-electron chi connectivity index (χ0n) is 14.8. The first-order valence-corrected chi connectivity index (χ1v) is 10.3. The van der Waals surface area contributed by atoms with E-state index in [4.69, 9.17) is 4.74 Å². The van der Waals surface area contributed by atoms with Crippen LogP contribution in [0.1, 0.15) is 25.3 Å². The Morgan fingerprint density at radius 2 is 1.89 bits per heavy atom. The quantitative estimate of drug-likeness (QED) is 0.313. The topological polar surface area (TPSA) is 79.2 Å². The Labute approximate surface area is 170 Å². The lowest BCUT2D eigenvalue weighted by Gasteiger charge is -2.18. The summed E-state index contributed by atoms with van der Waals surface area (Å²) in [5.41, 5.74) is 0.855. The summed E-state index contributed by atoms with van der Waals surface area (Å²) in [6.45, 7) is 2.26. The minimum absolute atomic E-state index is 0.0786. The lowest BCUT2D eigenvalue weighted by Crippen LogP contribution is -2.30. The van der Waals surface area contributed by atoms with Gasteiger partial charge in [0.25, 0.3) is 11.8 Å². The molecule has 1 N–H and O–H groups in total. The number of nitrogens with zero attached hydrogens (tertiary/aromatic N) is 2. The van der Waals surface area contributed by atoms with Crippen LogP contribution in [0, 0.1) is 32.7 Å². The molecule has 1 spiro atoms. The van der Waals surface area contributed by atoms with Gasteiger partial charge in [-0.1, -0.05) is 12.2 Å². The van der Waals surface area contributed by atoms with Crippen LogP contribution in [-0.4, -0.2) is 34.8 Å². The maximum Gasteiger partial charge on any atom is 0.254 e. The van der Waals surface area contributed by atoms with Gasteiger partial charge in [0.15, 0.2) is 11.5 Å². The molecule has 1 aromatic carbocycles. The normalized spacial score (nSPS) is 32.1. The van der Waals surface area contributed by atoms with Gasteiger partial charge in [-0.2, -0.15) is 10.1 Å². The molecule has 3 aliphatic carbocycles. The van der Waals surface area contributed by atoms with Crippen molar-refractivity contribution in [3.05, 3.63) is 33.4 Å². The first-order chi connectivity index (χ1) is 13.0. The van der Waals surface area contributed by atoms with E-state index in [1.54, 1.807) is 12.1 Å². The van der Waals surface area contributed by atoms with Crippen molar-refractivity contribution in [2.75, 3.05) is 6.61 Å². The van der Waals surface area contributed by atoms with E-state index in [2.05, 4.69) is 17.3 Å². The van der Waals surface area contributed by atoms with E-state index in [0.717, 1.165) is 17.9 Å². The van der Waals surface area contributed by atoms with E-state index in [9.17, 15) is 14.7 Å². The number of amides is 2. The highest BCUT2D eigenvalue weighted by Gasteiger charge is 2.73. The minimum atomic E-state index is -0.244. The van der Waals surface area contributed by atoms with E-state index in [1.807, 2.05) is 29.5 Å². The van der Waals surface area contributed by atoms with Crippen molar-refractivity contribution < 1.29 is 19.4 Å². The molecule has 0 aromatic heterocycles. The number of benzene rings is 1. The van der Waals surface area contributed by atoms with E-state index in [1.165, 1.54) is 6.21 Å². The zero-order valence-corrected chi connectivity index (χ0v) is 16.9. The SMILES string of the molecule is CCOc1cc(/C=N\N2C(=O)[C@H]3[C@H](C2=O)[C@H]2C=C[C@H]3C23CC3)cc(I)c1O. The molecule has 2 bridgehead atoms. The van der Waals surface area contributed by atoms with Crippen LogP contribution < -0.4 is 4.74 Å². The summed E-state index contributed by atoms with van der Waals surface area (Å²) in [6.07, 6.45) is 8.03. The van der Waals surface area contributed by atoms with Crippen molar-refractivity contribution in [3.63, 3.8) is 0 Å². The second-order valence-electron chi connectivity index (χ2n) is 7.74. The Morgan fingerprint density at radius 3 is 2.44 bits per heavy atom. The van der Waals surface area contributed by atoms with Gasteiger partial charge in [0.2, 0.25) is 0 Å².